The van der Waals surface area contributed by atoms with Crippen LogP contribution in [0, 0.1) is 0 Å². The molecule has 0 bridgehead atoms. The maximum atomic E-state index is 12.8. The highest BCUT2D eigenvalue weighted by molar-refractivity contribution is 7.80. The van der Waals surface area contributed by atoms with E-state index in [9.17, 15) is 19.2 Å². The minimum Gasteiger partial charge on any atom is -0.493 e. The number of nitrogens with zero attached hydrogens (tertiary/aromatic N) is 1. The number of nitrogens with one attached hydrogen (secondary N) is 1. The number of thiol groups is 1. The van der Waals surface area contributed by atoms with Crippen molar-refractivity contribution < 1.29 is 23.9 Å². The number of amides is 3. The van der Waals surface area contributed by atoms with Crippen LogP contribution in [0.4, 0.5) is 0 Å². The number of hydrogen-bond acceptors (Lipinski definition) is 6. The van der Waals surface area contributed by atoms with E-state index in [4.69, 9.17) is 4.74 Å². The second-order valence-electron chi connectivity index (χ2n) is 5.46. The zero-order valence-corrected chi connectivity index (χ0v) is 14.8. The van der Waals surface area contributed by atoms with Crippen molar-refractivity contribution in [1.82, 2.24) is 10.2 Å². The average molecular weight is 364 g/mol. The molecule has 1 N–H and O–H groups in total. The summed E-state index contributed by atoms with van der Waals surface area (Å²) in [4.78, 5) is 49.2. The van der Waals surface area contributed by atoms with E-state index in [1.807, 2.05) is 0 Å². The van der Waals surface area contributed by atoms with Crippen LogP contribution < -0.4 is 10.1 Å². The first-order chi connectivity index (χ1) is 12.1. The van der Waals surface area contributed by atoms with Gasteiger partial charge in [0.15, 0.2) is 0 Å². The molecule has 25 heavy (non-hydrogen) atoms. The summed E-state index contributed by atoms with van der Waals surface area (Å²) in [5.74, 6) is -0.682. The molecule has 0 aromatic heterocycles. The van der Waals surface area contributed by atoms with Crippen molar-refractivity contribution in [2.45, 2.75) is 25.3 Å². The van der Waals surface area contributed by atoms with E-state index in [0.29, 0.717) is 30.8 Å². The third-order valence-electron chi connectivity index (χ3n) is 3.89. The van der Waals surface area contributed by atoms with Gasteiger partial charge < -0.3 is 14.8 Å². The van der Waals surface area contributed by atoms with Crippen LogP contribution in [-0.2, 0) is 9.59 Å². The first-order valence-corrected chi connectivity index (χ1v) is 8.59. The van der Waals surface area contributed by atoms with Crippen LogP contribution in [0.25, 0.3) is 0 Å². The third-order valence-corrected chi connectivity index (χ3v) is 4.20. The summed E-state index contributed by atoms with van der Waals surface area (Å²) in [6, 6.07) is 3.74. The minimum atomic E-state index is -1.03. The molecule has 3 amide bonds. The molecule has 1 aliphatic heterocycles. The molecule has 1 heterocycles. The molecule has 1 unspecified atom stereocenters. The Labute approximate surface area is 151 Å². The standard InChI is InChI=1S/C17H20N2O5S/c1-18-15(21)12(6-3-8-20)19-16(22)11-5-2-7-13(14(11)17(19)23)24-9-4-10-25/h2,5,7-8,12,25H,3-4,6,9-10H2,1H3,(H,18,21). The Kier molecular flexibility index (Phi) is 6.58. The fraction of sp³-hybridized carbons (Fsp3) is 0.412. The van der Waals surface area contributed by atoms with E-state index in [1.165, 1.54) is 13.1 Å². The second-order valence-corrected chi connectivity index (χ2v) is 5.91. The topological polar surface area (TPSA) is 92.8 Å². The van der Waals surface area contributed by atoms with Crippen molar-refractivity contribution in [3.05, 3.63) is 29.3 Å². The highest BCUT2D eigenvalue weighted by atomic mass is 32.1. The van der Waals surface area contributed by atoms with E-state index >= 15 is 0 Å². The van der Waals surface area contributed by atoms with Crippen molar-refractivity contribution in [2.24, 2.45) is 0 Å². The molecular formula is C17H20N2O5S. The summed E-state index contributed by atoms with van der Waals surface area (Å²) in [6.07, 6.45) is 1.49. The zero-order chi connectivity index (χ0) is 18.4. The number of aldehydes is 1. The summed E-state index contributed by atoms with van der Waals surface area (Å²) >= 11 is 4.11. The minimum absolute atomic E-state index is 0.0663. The number of imide groups is 1. The monoisotopic (exact) mass is 364 g/mol. The lowest BCUT2D eigenvalue weighted by atomic mass is 10.1. The molecule has 134 valence electrons. The van der Waals surface area contributed by atoms with Gasteiger partial charge in [0, 0.05) is 13.5 Å². The summed E-state index contributed by atoms with van der Waals surface area (Å²) < 4.78 is 5.60. The fourth-order valence-electron chi connectivity index (χ4n) is 2.69. The van der Waals surface area contributed by atoms with E-state index < -0.39 is 23.8 Å². The molecule has 0 fully saturated rings. The van der Waals surface area contributed by atoms with Crippen LogP contribution in [0.1, 0.15) is 40.0 Å². The molecule has 0 saturated heterocycles. The Morgan fingerprint density at radius 3 is 2.76 bits per heavy atom. The molecule has 0 radical (unpaired) electrons. The normalized spacial score (nSPS) is 14.2. The van der Waals surface area contributed by atoms with Crippen molar-refractivity contribution in [1.29, 1.82) is 0 Å². The van der Waals surface area contributed by atoms with E-state index in [-0.39, 0.29) is 24.0 Å². The van der Waals surface area contributed by atoms with Gasteiger partial charge in [0.1, 0.15) is 18.1 Å². The summed E-state index contributed by atoms with van der Waals surface area (Å²) in [6.45, 7) is 0.367. The molecule has 0 spiro atoms. The number of benzene rings is 1. The summed E-state index contributed by atoms with van der Waals surface area (Å²) in [5, 5.41) is 2.43. The maximum absolute atomic E-state index is 12.8. The largest absolute Gasteiger partial charge is 0.493 e. The van der Waals surface area contributed by atoms with Gasteiger partial charge in [-0.3, -0.25) is 19.3 Å². The lowest BCUT2D eigenvalue weighted by Crippen LogP contribution is -2.48. The first-order valence-electron chi connectivity index (χ1n) is 7.96. The number of carbonyl (C=O) groups excluding carboxylic acids is 4. The molecule has 0 saturated carbocycles. The number of ether oxygens (including phenoxy) is 1. The van der Waals surface area contributed by atoms with E-state index in [0.717, 1.165) is 4.90 Å². The molecular weight excluding hydrogens is 344 g/mol. The van der Waals surface area contributed by atoms with Crippen LogP contribution in [-0.4, -0.2) is 54.4 Å². The Morgan fingerprint density at radius 2 is 2.12 bits per heavy atom. The Bertz CT molecular complexity index is 692. The van der Waals surface area contributed by atoms with Crippen molar-refractivity contribution >= 4 is 36.6 Å². The summed E-state index contributed by atoms with van der Waals surface area (Å²) in [5.41, 5.74) is 0.361. The maximum Gasteiger partial charge on any atom is 0.266 e. The SMILES string of the molecule is CNC(=O)C(CCC=O)N1C(=O)c2cccc(OCCCS)c2C1=O. The molecule has 2 rings (SSSR count). The van der Waals surface area contributed by atoms with Gasteiger partial charge in [0.05, 0.1) is 17.7 Å². The number of hydrogen-bond donors (Lipinski definition) is 2. The van der Waals surface area contributed by atoms with Crippen molar-refractivity contribution in [3.63, 3.8) is 0 Å². The lowest BCUT2D eigenvalue weighted by molar-refractivity contribution is -0.124. The van der Waals surface area contributed by atoms with Crippen molar-refractivity contribution in [3.8, 4) is 5.75 Å². The van der Waals surface area contributed by atoms with Gasteiger partial charge >= 0.3 is 0 Å². The van der Waals surface area contributed by atoms with Crippen LogP contribution in [0.15, 0.2) is 18.2 Å². The average Bonchev–Trinajstić information content (AvgIpc) is 2.87. The lowest BCUT2D eigenvalue weighted by Gasteiger charge is -2.24. The van der Waals surface area contributed by atoms with Gasteiger partial charge in [-0.15, -0.1) is 0 Å². The predicted octanol–water partition coefficient (Wildman–Crippen LogP) is 1.07. The van der Waals surface area contributed by atoms with E-state index in [2.05, 4.69) is 17.9 Å². The highest BCUT2D eigenvalue weighted by Crippen LogP contribution is 2.33. The third kappa shape index (κ3) is 3.84. The van der Waals surface area contributed by atoms with Gasteiger partial charge in [0.2, 0.25) is 5.91 Å². The molecule has 1 aliphatic rings. The number of rotatable bonds is 9. The van der Waals surface area contributed by atoms with Gasteiger partial charge in [-0.1, -0.05) is 6.07 Å². The van der Waals surface area contributed by atoms with Crippen LogP contribution in [0.2, 0.25) is 0 Å². The molecule has 1 aromatic carbocycles. The molecule has 7 nitrogen and oxygen atoms in total. The number of likely N-dealkylation sites (N-methyl/N-ethyl adjacent to an activating group) is 1. The van der Waals surface area contributed by atoms with Gasteiger partial charge in [-0.25, -0.2) is 0 Å². The predicted molar refractivity (Wildman–Crippen MR) is 94.1 cm³/mol. The summed E-state index contributed by atoms with van der Waals surface area (Å²) in [7, 11) is 1.42. The number of carbonyl (C=O) groups is 4. The Morgan fingerprint density at radius 1 is 1.36 bits per heavy atom. The molecule has 1 atom stereocenters. The van der Waals surface area contributed by atoms with Crippen LogP contribution >= 0.6 is 12.6 Å². The van der Waals surface area contributed by atoms with Crippen molar-refractivity contribution in [2.75, 3.05) is 19.4 Å². The number of fused-ring (bicyclic) bond motifs is 1. The van der Waals surface area contributed by atoms with Gasteiger partial charge in [0.25, 0.3) is 11.8 Å². The smallest absolute Gasteiger partial charge is 0.266 e. The fourth-order valence-corrected chi connectivity index (χ4v) is 2.82. The second kappa shape index (κ2) is 8.66. The molecule has 0 aliphatic carbocycles. The first kappa shape index (κ1) is 19.0. The van der Waals surface area contributed by atoms with Gasteiger partial charge in [-0.2, -0.15) is 12.6 Å². The molecule has 8 heteroatoms. The van der Waals surface area contributed by atoms with Crippen LogP contribution in [0.3, 0.4) is 0 Å². The quantitative estimate of drug-likeness (QED) is 0.296. The zero-order valence-electron chi connectivity index (χ0n) is 13.9. The van der Waals surface area contributed by atoms with E-state index in [1.54, 1.807) is 12.1 Å². The highest BCUT2D eigenvalue weighted by Gasteiger charge is 2.44. The Balaban J connectivity index is 2.35. The van der Waals surface area contributed by atoms with Crippen LogP contribution in [0.5, 0.6) is 5.75 Å². The Hall–Kier alpha value is -2.35. The molecule has 1 aromatic rings. The van der Waals surface area contributed by atoms with Gasteiger partial charge in [-0.05, 0) is 30.7 Å².